The number of nitrogens with one attached hydrogen (secondary N) is 1. The van der Waals surface area contributed by atoms with Crippen LogP contribution >= 0.6 is 0 Å². The molecule has 1 N–H and O–H groups in total. The Morgan fingerprint density at radius 3 is 2.58 bits per heavy atom. The normalized spacial score (nSPS) is 10.9. The minimum atomic E-state index is -0.274. The molecule has 0 bridgehead atoms. The van der Waals surface area contributed by atoms with Gasteiger partial charge in [0.15, 0.2) is 17.3 Å². The van der Waals surface area contributed by atoms with Crippen molar-refractivity contribution in [2.45, 2.75) is 19.9 Å². The molecule has 33 heavy (non-hydrogen) atoms. The number of carbonyl (C=O) groups is 1. The van der Waals surface area contributed by atoms with Crippen molar-refractivity contribution in [1.29, 1.82) is 0 Å². The van der Waals surface area contributed by atoms with Crippen LogP contribution in [0.3, 0.4) is 0 Å². The Balaban J connectivity index is 1.62. The molecular formula is C26H26N2O5. The van der Waals surface area contributed by atoms with E-state index in [-0.39, 0.29) is 23.8 Å². The van der Waals surface area contributed by atoms with Crippen LogP contribution in [0.4, 0.5) is 0 Å². The van der Waals surface area contributed by atoms with E-state index in [1.807, 2.05) is 49.4 Å². The number of hydrogen-bond donors (Lipinski definition) is 1. The number of aryl methyl sites for hydroxylation is 1. The predicted octanol–water partition coefficient (Wildman–Crippen LogP) is 4.33. The highest BCUT2D eigenvalue weighted by Crippen LogP contribution is 2.28. The lowest BCUT2D eigenvalue weighted by Crippen LogP contribution is -2.34. The molecule has 2 aromatic carbocycles. The Hall–Kier alpha value is -4.00. The fourth-order valence-electron chi connectivity index (χ4n) is 3.86. The van der Waals surface area contributed by atoms with Gasteiger partial charge in [0.1, 0.15) is 0 Å². The number of benzene rings is 2. The lowest BCUT2D eigenvalue weighted by molar-refractivity contribution is 0.0712. The number of ether oxygens (including phenoxy) is 2. The highest BCUT2D eigenvalue weighted by atomic mass is 16.5. The van der Waals surface area contributed by atoms with Crippen LogP contribution in [0.5, 0.6) is 11.5 Å². The summed E-state index contributed by atoms with van der Waals surface area (Å²) in [4.78, 5) is 30.6. The minimum absolute atomic E-state index is 0.159. The Labute approximate surface area is 191 Å². The molecule has 0 saturated heterocycles. The summed E-state index contributed by atoms with van der Waals surface area (Å²) in [7, 11) is 3.17. The van der Waals surface area contributed by atoms with E-state index in [9.17, 15) is 9.59 Å². The zero-order valence-corrected chi connectivity index (χ0v) is 18.9. The monoisotopic (exact) mass is 446 g/mol. The van der Waals surface area contributed by atoms with Gasteiger partial charge < -0.3 is 23.8 Å². The van der Waals surface area contributed by atoms with Crippen LogP contribution in [-0.2, 0) is 13.0 Å². The predicted molar refractivity (Wildman–Crippen MR) is 126 cm³/mol. The molecule has 0 atom stereocenters. The van der Waals surface area contributed by atoms with Crippen molar-refractivity contribution in [3.05, 3.63) is 93.7 Å². The molecule has 0 radical (unpaired) electrons. The summed E-state index contributed by atoms with van der Waals surface area (Å²) in [6, 6.07) is 16.7. The molecule has 4 aromatic rings. The van der Waals surface area contributed by atoms with E-state index in [2.05, 4.69) is 4.98 Å². The molecule has 0 aliphatic carbocycles. The molecule has 7 heteroatoms. The third-order valence-electron chi connectivity index (χ3n) is 5.66. The van der Waals surface area contributed by atoms with E-state index in [1.165, 1.54) is 6.26 Å². The van der Waals surface area contributed by atoms with E-state index in [0.29, 0.717) is 30.0 Å². The highest BCUT2D eigenvalue weighted by Gasteiger charge is 2.20. The molecule has 170 valence electrons. The zero-order valence-electron chi connectivity index (χ0n) is 18.9. The summed E-state index contributed by atoms with van der Waals surface area (Å²) in [6.07, 6.45) is 2.03. The average Bonchev–Trinajstić information content (AvgIpc) is 3.37. The molecule has 0 unspecified atom stereocenters. The maximum absolute atomic E-state index is 13.2. The van der Waals surface area contributed by atoms with Crippen molar-refractivity contribution in [3.8, 4) is 11.5 Å². The van der Waals surface area contributed by atoms with Gasteiger partial charge in [0.25, 0.3) is 11.5 Å². The number of aromatic nitrogens is 1. The van der Waals surface area contributed by atoms with Crippen LogP contribution < -0.4 is 15.0 Å². The van der Waals surface area contributed by atoms with E-state index in [4.69, 9.17) is 13.9 Å². The first kappa shape index (κ1) is 22.2. The van der Waals surface area contributed by atoms with Gasteiger partial charge in [0.2, 0.25) is 0 Å². The number of pyridine rings is 1. The van der Waals surface area contributed by atoms with Gasteiger partial charge in [-0.2, -0.15) is 0 Å². The van der Waals surface area contributed by atoms with Crippen LogP contribution in [0, 0.1) is 6.92 Å². The molecule has 2 heterocycles. The van der Waals surface area contributed by atoms with Gasteiger partial charge >= 0.3 is 0 Å². The lowest BCUT2D eigenvalue weighted by atomic mass is 10.1. The van der Waals surface area contributed by atoms with E-state index in [1.54, 1.807) is 31.3 Å². The van der Waals surface area contributed by atoms with E-state index >= 15 is 0 Å². The van der Waals surface area contributed by atoms with Crippen LogP contribution in [-0.4, -0.2) is 36.6 Å². The topological polar surface area (TPSA) is 84.8 Å². The Bertz CT molecular complexity index is 1320. The Morgan fingerprint density at radius 2 is 1.85 bits per heavy atom. The number of carbonyl (C=O) groups excluding carboxylic acids is 1. The third-order valence-corrected chi connectivity index (χ3v) is 5.66. The van der Waals surface area contributed by atoms with Crippen molar-refractivity contribution in [2.24, 2.45) is 0 Å². The number of H-pyrrole nitrogens is 1. The molecular weight excluding hydrogens is 420 g/mol. The maximum Gasteiger partial charge on any atom is 0.289 e. The smallest absolute Gasteiger partial charge is 0.289 e. The number of furan rings is 1. The summed E-state index contributed by atoms with van der Waals surface area (Å²) < 4.78 is 16.0. The van der Waals surface area contributed by atoms with Gasteiger partial charge in [0, 0.05) is 12.1 Å². The first-order chi connectivity index (χ1) is 16.0. The van der Waals surface area contributed by atoms with Crippen molar-refractivity contribution in [3.63, 3.8) is 0 Å². The van der Waals surface area contributed by atoms with Crippen molar-refractivity contribution in [2.75, 3.05) is 20.8 Å². The Kier molecular flexibility index (Phi) is 6.49. The summed E-state index contributed by atoms with van der Waals surface area (Å²) in [6.45, 7) is 2.50. The highest BCUT2D eigenvalue weighted by molar-refractivity contribution is 5.91. The summed E-state index contributed by atoms with van der Waals surface area (Å²) in [5, 5.41) is 0.926. The maximum atomic E-state index is 13.2. The fourth-order valence-corrected chi connectivity index (χ4v) is 3.86. The number of rotatable bonds is 8. The Morgan fingerprint density at radius 1 is 1.03 bits per heavy atom. The fraction of sp³-hybridized carbons (Fsp3) is 0.231. The lowest BCUT2D eigenvalue weighted by Gasteiger charge is -2.22. The van der Waals surface area contributed by atoms with Crippen molar-refractivity contribution < 1.29 is 18.7 Å². The van der Waals surface area contributed by atoms with Gasteiger partial charge in [0.05, 0.1) is 32.5 Å². The van der Waals surface area contributed by atoms with Gasteiger partial charge in [-0.05, 0) is 60.2 Å². The van der Waals surface area contributed by atoms with Gasteiger partial charge in [-0.3, -0.25) is 9.59 Å². The van der Waals surface area contributed by atoms with Crippen LogP contribution in [0.15, 0.2) is 70.1 Å². The number of para-hydroxylation sites is 1. The number of fused-ring (bicyclic) bond motifs is 1. The van der Waals surface area contributed by atoms with Crippen LogP contribution in [0.1, 0.15) is 27.2 Å². The summed E-state index contributed by atoms with van der Waals surface area (Å²) >= 11 is 0. The summed E-state index contributed by atoms with van der Waals surface area (Å²) in [5.41, 5.74) is 3.09. The molecule has 0 aliphatic rings. The third kappa shape index (κ3) is 4.77. The van der Waals surface area contributed by atoms with Crippen LogP contribution in [0.2, 0.25) is 0 Å². The second-order valence-electron chi connectivity index (χ2n) is 7.81. The molecule has 0 aliphatic heterocycles. The number of methoxy groups -OCH3 is 2. The van der Waals surface area contributed by atoms with Gasteiger partial charge in [-0.25, -0.2) is 0 Å². The molecule has 4 rings (SSSR count). The van der Waals surface area contributed by atoms with Crippen LogP contribution in [0.25, 0.3) is 10.9 Å². The van der Waals surface area contributed by atoms with Crippen molar-refractivity contribution >= 4 is 16.8 Å². The number of aromatic amines is 1. The summed E-state index contributed by atoms with van der Waals surface area (Å²) in [5.74, 6) is 1.22. The quantitative estimate of drug-likeness (QED) is 0.435. The molecule has 7 nitrogen and oxygen atoms in total. The molecule has 0 spiro atoms. The second-order valence-corrected chi connectivity index (χ2v) is 7.81. The van der Waals surface area contributed by atoms with Gasteiger partial charge in [-0.1, -0.05) is 24.3 Å². The zero-order chi connectivity index (χ0) is 23.4. The number of amides is 1. The molecule has 1 amide bonds. The molecule has 0 saturated carbocycles. The second kappa shape index (κ2) is 9.65. The first-order valence-corrected chi connectivity index (χ1v) is 10.7. The minimum Gasteiger partial charge on any atom is -0.493 e. The standard InChI is InChI=1S/C26H26N2O5/c1-17-6-4-7-19-15-20(25(29)27-24(17)19)16-28(26(30)22-8-5-13-33-22)12-11-18-9-10-21(31-2)23(14-18)32-3/h4-10,13-15H,11-12,16H2,1-3H3,(H,27,29). The first-order valence-electron chi connectivity index (χ1n) is 10.7. The SMILES string of the molecule is COc1ccc(CCN(Cc2cc3cccc(C)c3[nH]c2=O)C(=O)c2ccco2)cc1OC. The van der Waals surface area contributed by atoms with E-state index in [0.717, 1.165) is 22.0 Å². The molecule has 2 aromatic heterocycles. The number of hydrogen-bond acceptors (Lipinski definition) is 5. The van der Waals surface area contributed by atoms with Gasteiger partial charge in [-0.15, -0.1) is 0 Å². The average molecular weight is 447 g/mol. The molecule has 0 fully saturated rings. The largest absolute Gasteiger partial charge is 0.493 e. The van der Waals surface area contributed by atoms with E-state index < -0.39 is 0 Å². The number of nitrogens with zero attached hydrogens (tertiary/aromatic N) is 1. The van der Waals surface area contributed by atoms with Crippen molar-refractivity contribution in [1.82, 2.24) is 9.88 Å².